The Morgan fingerprint density at radius 1 is 1.06 bits per heavy atom. The van der Waals surface area contributed by atoms with Crippen molar-refractivity contribution in [2.24, 2.45) is 0 Å². The van der Waals surface area contributed by atoms with E-state index in [0.717, 1.165) is 21.5 Å². The quantitative estimate of drug-likeness (QED) is 0.913. The summed E-state index contributed by atoms with van der Waals surface area (Å²) in [5.74, 6) is 1.56. The van der Waals surface area contributed by atoms with Crippen molar-refractivity contribution < 1.29 is 9.84 Å². The first-order chi connectivity index (χ1) is 8.60. The fraction of sp³-hybridized carbons (Fsp3) is 0.200. The summed E-state index contributed by atoms with van der Waals surface area (Å²) in [7, 11) is 0. The number of aryl methyl sites for hydroxylation is 2. The lowest BCUT2D eigenvalue weighted by atomic mass is 10.1. The highest BCUT2D eigenvalue weighted by Crippen LogP contribution is 2.31. The minimum atomic E-state index is 0.0303. The molecule has 0 atom stereocenters. The van der Waals surface area contributed by atoms with Gasteiger partial charge in [0.15, 0.2) is 0 Å². The zero-order valence-corrected chi connectivity index (χ0v) is 12.0. The van der Waals surface area contributed by atoms with Crippen molar-refractivity contribution >= 4 is 15.9 Å². The summed E-state index contributed by atoms with van der Waals surface area (Å²) in [5, 5.41) is 9.05. The van der Waals surface area contributed by atoms with Crippen LogP contribution in [0.3, 0.4) is 0 Å². The first kappa shape index (κ1) is 13.1. The van der Waals surface area contributed by atoms with Crippen LogP contribution in [0.4, 0.5) is 0 Å². The molecule has 2 aromatic rings. The Labute approximate surface area is 115 Å². The second kappa shape index (κ2) is 5.55. The lowest BCUT2D eigenvalue weighted by Gasteiger charge is -2.10. The molecule has 0 aliphatic carbocycles. The van der Waals surface area contributed by atoms with Gasteiger partial charge in [-0.05, 0) is 70.7 Å². The SMILES string of the molecule is Cc1ccc(Oc2ccc(CO)cc2Br)cc1C. The molecule has 0 fully saturated rings. The van der Waals surface area contributed by atoms with Gasteiger partial charge in [-0.15, -0.1) is 0 Å². The molecule has 0 heterocycles. The van der Waals surface area contributed by atoms with Gasteiger partial charge < -0.3 is 9.84 Å². The summed E-state index contributed by atoms with van der Waals surface area (Å²) < 4.78 is 6.66. The van der Waals surface area contributed by atoms with Crippen LogP contribution >= 0.6 is 15.9 Å². The smallest absolute Gasteiger partial charge is 0.141 e. The Morgan fingerprint density at radius 2 is 1.83 bits per heavy atom. The number of benzene rings is 2. The van der Waals surface area contributed by atoms with E-state index in [9.17, 15) is 0 Å². The van der Waals surface area contributed by atoms with Crippen molar-refractivity contribution in [3.05, 3.63) is 57.6 Å². The van der Waals surface area contributed by atoms with Crippen molar-refractivity contribution in [1.29, 1.82) is 0 Å². The molecule has 0 amide bonds. The van der Waals surface area contributed by atoms with Crippen molar-refractivity contribution in [3.63, 3.8) is 0 Å². The van der Waals surface area contributed by atoms with Gasteiger partial charge in [-0.2, -0.15) is 0 Å². The predicted molar refractivity (Wildman–Crippen MR) is 76.1 cm³/mol. The van der Waals surface area contributed by atoms with Gasteiger partial charge in [-0.3, -0.25) is 0 Å². The molecule has 2 aromatic carbocycles. The highest BCUT2D eigenvalue weighted by Gasteiger charge is 2.04. The van der Waals surface area contributed by atoms with Crippen LogP contribution in [0.2, 0.25) is 0 Å². The maximum Gasteiger partial charge on any atom is 0.141 e. The molecule has 0 aliphatic rings. The van der Waals surface area contributed by atoms with Gasteiger partial charge >= 0.3 is 0 Å². The average molecular weight is 307 g/mol. The zero-order valence-electron chi connectivity index (χ0n) is 10.4. The second-order valence-electron chi connectivity index (χ2n) is 4.27. The lowest BCUT2D eigenvalue weighted by molar-refractivity contribution is 0.281. The van der Waals surface area contributed by atoms with E-state index in [4.69, 9.17) is 9.84 Å². The van der Waals surface area contributed by atoms with Crippen LogP contribution in [0.15, 0.2) is 40.9 Å². The van der Waals surface area contributed by atoms with E-state index in [-0.39, 0.29) is 6.61 Å². The minimum Gasteiger partial charge on any atom is -0.456 e. The Kier molecular flexibility index (Phi) is 4.04. The van der Waals surface area contributed by atoms with E-state index in [2.05, 4.69) is 29.8 Å². The largest absolute Gasteiger partial charge is 0.456 e. The van der Waals surface area contributed by atoms with E-state index < -0.39 is 0 Å². The monoisotopic (exact) mass is 306 g/mol. The maximum absolute atomic E-state index is 9.05. The molecular formula is C15H15BrO2. The van der Waals surface area contributed by atoms with Gasteiger partial charge in [0, 0.05) is 0 Å². The molecule has 3 heteroatoms. The minimum absolute atomic E-state index is 0.0303. The van der Waals surface area contributed by atoms with Crippen LogP contribution in [-0.2, 0) is 6.61 Å². The number of aliphatic hydroxyl groups excluding tert-OH is 1. The first-order valence-electron chi connectivity index (χ1n) is 5.74. The molecule has 0 saturated carbocycles. The Hall–Kier alpha value is -1.32. The Balaban J connectivity index is 2.25. The standard InChI is InChI=1S/C15H15BrO2/c1-10-3-5-13(7-11(10)2)18-15-6-4-12(9-17)8-14(15)16/h3-8,17H,9H2,1-2H3. The molecule has 94 valence electrons. The molecule has 0 saturated heterocycles. The van der Waals surface area contributed by atoms with Gasteiger partial charge in [-0.25, -0.2) is 0 Å². The number of hydrogen-bond donors (Lipinski definition) is 1. The molecule has 2 nitrogen and oxygen atoms in total. The van der Waals surface area contributed by atoms with E-state index >= 15 is 0 Å². The molecule has 0 spiro atoms. The lowest BCUT2D eigenvalue weighted by Crippen LogP contribution is -1.89. The molecular weight excluding hydrogens is 292 g/mol. The average Bonchev–Trinajstić information content (AvgIpc) is 2.36. The van der Waals surface area contributed by atoms with Gasteiger partial charge in [-0.1, -0.05) is 12.1 Å². The van der Waals surface area contributed by atoms with Crippen molar-refractivity contribution in [1.82, 2.24) is 0 Å². The number of ether oxygens (including phenoxy) is 1. The van der Waals surface area contributed by atoms with E-state index in [1.54, 1.807) is 0 Å². The molecule has 2 rings (SSSR count). The summed E-state index contributed by atoms with van der Waals surface area (Å²) in [6, 6.07) is 11.6. The Bertz CT molecular complexity index is 564. The van der Waals surface area contributed by atoms with Gasteiger partial charge in [0.1, 0.15) is 11.5 Å². The van der Waals surface area contributed by atoms with Gasteiger partial charge in [0.2, 0.25) is 0 Å². The summed E-state index contributed by atoms with van der Waals surface area (Å²) in [6.45, 7) is 4.17. The van der Waals surface area contributed by atoms with Crippen LogP contribution in [0.5, 0.6) is 11.5 Å². The van der Waals surface area contributed by atoms with Crippen molar-refractivity contribution in [3.8, 4) is 11.5 Å². The summed E-state index contributed by atoms with van der Waals surface area (Å²) >= 11 is 3.44. The van der Waals surface area contributed by atoms with Crippen LogP contribution in [0, 0.1) is 13.8 Å². The van der Waals surface area contributed by atoms with Crippen LogP contribution in [0.25, 0.3) is 0 Å². The molecule has 0 unspecified atom stereocenters. The molecule has 0 aromatic heterocycles. The Morgan fingerprint density at radius 3 is 2.44 bits per heavy atom. The van der Waals surface area contributed by atoms with Crippen LogP contribution in [0.1, 0.15) is 16.7 Å². The van der Waals surface area contributed by atoms with E-state index in [0.29, 0.717) is 0 Å². The summed E-state index contributed by atoms with van der Waals surface area (Å²) in [5.41, 5.74) is 3.31. The van der Waals surface area contributed by atoms with E-state index in [1.165, 1.54) is 11.1 Å². The highest BCUT2D eigenvalue weighted by atomic mass is 79.9. The topological polar surface area (TPSA) is 29.5 Å². The fourth-order valence-corrected chi connectivity index (χ4v) is 2.14. The fourth-order valence-electron chi connectivity index (χ4n) is 1.63. The molecule has 0 radical (unpaired) electrons. The normalized spacial score (nSPS) is 10.4. The highest BCUT2D eigenvalue weighted by molar-refractivity contribution is 9.10. The van der Waals surface area contributed by atoms with E-state index in [1.807, 2.05) is 36.4 Å². The zero-order chi connectivity index (χ0) is 13.1. The van der Waals surface area contributed by atoms with Gasteiger partial charge in [0.05, 0.1) is 11.1 Å². The summed E-state index contributed by atoms with van der Waals surface area (Å²) in [6.07, 6.45) is 0. The number of rotatable bonds is 3. The van der Waals surface area contributed by atoms with Crippen molar-refractivity contribution in [2.45, 2.75) is 20.5 Å². The molecule has 0 aliphatic heterocycles. The molecule has 18 heavy (non-hydrogen) atoms. The predicted octanol–water partition coefficient (Wildman–Crippen LogP) is 4.35. The van der Waals surface area contributed by atoms with Crippen LogP contribution in [-0.4, -0.2) is 5.11 Å². The third-order valence-corrected chi connectivity index (χ3v) is 3.50. The first-order valence-corrected chi connectivity index (χ1v) is 6.54. The second-order valence-corrected chi connectivity index (χ2v) is 5.13. The molecule has 0 bridgehead atoms. The number of hydrogen-bond acceptors (Lipinski definition) is 2. The number of aliphatic hydroxyl groups is 1. The number of halogens is 1. The summed E-state index contributed by atoms with van der Waals surface area (Å²) in [4.78, 5) is 0. The third-order valence-electron chi connectivity index (χ3n) is 2.89. The third kappa shape index (κ3) is 2.92. The maximum atomic E-state index is 9.05. The van der Waals surface area contributed by atoms with Gasteiger partial charge in [0.25, 0.3) is 0 Å². The van der Waals surface area contributed by atoms with Crippen LogP contribution < -0.4 is 4.74 Å². The molecule has 1 N–H and O–H groups in total. The van der Waals surface area contributed by atoms with Crippen molar-refractivity contribution in [2.75, 3.05) is 0 Å².